The van der Waals surface area contributed by atoms with Crippen LogP contribution in [0.25, 0.3) is 0 Å². The molecule has 1 unspecified atom stereocenters. The first-order chi connectivity index (χ1) is 6.79. The van der Waals surface area contributed by atoms with Crippen molar-refractivity contribution in [2.75, 3.05) is 20.3 Å². The average molecular weight is 215 g/mol. The first-order valence-electron chi connectivity index (χ1n) is 4.83. The molecule has 0 amide bonds. The standard InChI is InChI=1S/C9H17N3OS/c1-4-5-13-6-8(10-3)9-7(2)11-12-14-9/h8,10H,4-6H2,1-3H3. The summed E-state index contributed by atoms with van der Waals surface area (Å²) in [5.74, 6) is 0. The molecule has 1 aromatic heterocycles. The maximum Gasteiger partial charge on any atom is 0.0773 e. The molecule has 0 fully saturated rings. The van der Waals surface area contributed by atoms with Gasteiger partial charge in [0.15, 0.2) is 0 Å². The molecule has 0 saturated heterocycles. The van der Waals surface area contributed by atoms with Gasteiger partial charge >= 0.3 is 0 Å². The third kappa shape index (κ3) is 3.01. The van der Waals surface area contributed by atoms with Crippen molar-refractivity contribution in [2.45, 2.75) is 26.3 Å². The lowest BCUT2D eigenvalue weighted by atomic mass is 10.2. The summed E-state index contributed by atoms with van der Waals surface area (Å²) >= 11 is 1.44. The van der Waals surface area contributed by atoms with E-state index in [9.17, 15) is 0 Å². The van der Waals surface area contributed by atoms with Crippen molar-refractivity contribution < 1.29 is 4.74 Å². The Hall–Kier alpha value is -0.520. The van der Waals surface area contributed by atoms with Gasteiger partial charge in [0.2, 0.25) is 0 Å². The van der Waals surface area contributed by atoms with Gasteiger partial charge in [-0.05, 0) is 31.9 Å². The molecule has 0 aromatic carbocycles. The highest BCUT2D eigenvalue weighted by molar-refractivity contribution is 7.05. The lowest BCUT2D eigenvalue weighted by Gasteiger charge is -2.14. The van der Waals surface area contributed by atoms with Gasteiger partial charge in [-0.1, -0.05) is 11.4 Å². The molecule has 0 bridgehead atoms. The van der Waals surface area contributed by atoms with Gasteiger partial charge in [0, 0.05) is 6.61 Å². The van der Waals surface area contributed by atoms with Gasteiger partial charge in [0.25, 0.3) is 0 Å². The van der Waals surface area contributed by atoms with Crippen molar-refractivity contribution in [1.82, 2.24) is 14.9 Å². The lowest BCUT2D eigenvalue weighted by Crippen LogP contribution is -2.21. The van der Waals surface area contributed by atoms with Gasteiger partial charge in [0.1, 0.15) is 0 Å². The maximum atomic E-state index is 5.50. The summed E-state index contributed by atoms with van der Waals surface area (Å²) in [5, 5.41) is 7.20. The number of hydrogen-bond donors (Lipinski definition) is 1. The van der Waals surface area contributed by atoms with Gasteiger partial charge in [-0.25, -0.2) is 0 Å². The van der Waals surface area contributed by atoms with Crippen LogP contribution in [0.4, 0.5) is 0 Å². The number of ether oxygens (including phenoxy) is 1. The van der Waals surface area contributed by atoms with E-state index in [0.717, 1.165) is 18.7 Å². The van der Waals surface area contributed by atoms with Crippen LogP contribution >= 0.6 is 11.5 Å². The summed E-state index contributed by atoms with van der Waals surface area (Å²) < 4.78 is 9.42. The van der Waals surface area contributed by atoms with Gasteiger partial charge in [-0.3, -0.25) is 0 Å². The second-order valence-electron chi connectivity index (χ2n) is 3.14. The second kappa shape index (κ2) is 6.06. The minimum atomic E-state index is 0.224. The van der Waals surface area contributed by atoms with E-state index < -0.39 is 0 Å². The third-order valence-corrected chi connectivity index (χ3v) is 2.92. The molecule has 14 heavy (non-hydrogen) atoms. The van der Waals surface area contributed by atoms with E-state index in [1.165, 1.54) is 16.4 Å². The molecular formula is C9H17N3OS. The van der Waals surface area contributed by atoms with Crippen LogP contribution in [0.2, 0.25) is 0 Å². The maximum absolute atomic E-state index is 5.50. The van der Waals surface area contributed by atoms with Crippen molar-refractivity contribution in [2.24, 2.45) is 0 Å². The molecule has 0 radical (unpaired) electrons. The molecule has 0 saturated carbocycles. The van der Waals surface area contributed by atoms with Crippen LogP contribution in [0.1, 0.15) is 30.0 Å². The number of aromatic nitrogens is 2. The number of nitrogens with one attached hydrogen (secondary N) is 1. The lowest BCUT2D eigenvalue weighted by molar-refractivity contribution is 0.114. The van der Waals surface area contributed by atoms with Crippen molar-refractivity contribution in [1.29, 1.82) is 0 Å². The molecule has 0 spiro atoms. The average Bonchev–Trinajstić information content (AvgIpc) is 2.60. The smallest absolute Gasteiger partial charge is 0.0773 e. The molecule has 1 atom stereocenters. The predicted octanol–water partition coefficient (Wildman–Crippen LogP) is 1.53. The minimum absolute atomic E-state index is 0.224. The summed E-state index contributed by atoms with van der Waals surface area (Å²) in [6.45, 7) is 5.58. The molecule has 80 valence electrons. The van der Waals surface area contributed by atoms with Crippen molar-refractivity contribution >= 4 is 11.5 Å². The topological polar surface area (TPSA) is 47.0 Å². The fourth-order valence-corrected chi connectivity index (χ4v) is 1.93. The molecule has 1 rings (SSSR count). The van der Waals surface area contributed by atoms with Crippen LogP contribution in [0.15, 0.2) is 0 Å². The van der Waals surface area contributed by atoms with E-state index in [-0.39, 0.29) is 6.04 Å². The first-order valence-corrected chi connectivity index (χ1v) is 5.60. The van der Waals surface area contributed by atoms with Gasteiger partial charge in [-0.2, -0.15) is 0 Å². The van der Waals surface area contributed by atoms with E-state index >= 15 is 0 Å². The SMILES string of the molecule is CCCOCC(NC)c1snnc1C. The van der Waals surface area contributed by atoms with Crippen molar-refractivity contribution in [3.63, 3.8) is 0 Å². The third-order valence-electron chi connectivity index (χ3n) is 1.98. The van der Waals surface area contributed by atoms with E-state index in [2.05, 4.69) is 21.8 Å². The molecule has 0 aliphatic heterocycles. The summed E-state index contributed by atoms with van der Waals surface area (Å²) in [7, 11) is 1.93. The fourth-order valence-electron chi connectivity index (χ4n) is 1.19. The van der Waals surface area contributed by atoms with Crippen LogP contribution in [0.3, 0.4) is 0 Å². The predicted molar refractivity (Wildman–Crippen MR) is 57.6 cm³/mol. The Morgan fingerprint density at radius 1 is 1.57 bits per heavy atom. The fraction of sp³-hybridized carbons (Fsp3) is 0.778. The molecule has 0 aliphatic carbocycles. The molecule has 0 aliphatic rings. The molecule has 1 aromatic rings. The highest BCUT2D eigenvalue weighted by atomic mass is 32.1. The normalized spacial score (nSPS) is 13.1. The molecular weight excluding hydrogens is 198 g/mol. The Labute approximate surface area is 88.8 Å². The Morgan fingerprint density at radius 2 is 2.36 bits per heavy atom. The molecule has 4 nitrogen and oxygen atoms in total. The van der Waals surface area contributed by atoms with Crippen LogP contribution in [0.5, 0.6) is 0 Å². The molecule has 1 N–H and O–H groups in total. The number of rotatable bonds is 6. The van der Waals surface area contributed by atoms with Crippen LogP contribution in [-0.4, -0.2) is 29.8 Å². The largest absolute Gasteiger partial charge is 0.379 e. The van der Waals surface area contributed by atoms with Crippen LogP contribution in [-0.2, 0) is 4.74 Å². The highest BCUT2D eigenvalue weighted by Crippen LogP contribution is 2.19. The number of likely N-dealkylation sites (N-methyl/N-ethyl adjacent to an activating group) is 1. The monoisotopic (exact) mass is 215 g/mol. The van der Waals surface area contributed by atoms with Gasteiger partial charge in [0.05, 0.1) is 23.2 Å². The van der Waals surface area contributed by atoms with Crippen molar-refractivity contribution in [3.05, 3.63) is 10.6 Å². The zero-order valence-electron chi connectivity index (χ0n) is 8.91. The summed E-state index contributed by atoms with van der Waals surface area (Å²) in [6.07, 6.45) is 1.05. The highest BCUT2D eigenvalue weighted by Gasteiger charge is 2.15. The quantitative estimate of drug-likeness (QED) is 0.731. The summed E-state index contributed by atoms with van der Waals surface area (Å²) in [6, 6.07) is 0.224. The van der Waals surface area contributed by atoms with Crippen LogP contribution in [0, 0.1) is 6.92 Å². The molecule has 1 heterocycles. The minimum Gasteiger partial charge on any atom is -0.379 e. The molecule has 5 heteroatoms. The summed E-state index contributed by atoms with van der Waals surface area (Å²) in [5.41, 5.74) is 0.995. The summed E-state index contributed by atoms with van der Waals surface area (Å²) in [4.78, 5) is 1.17. The van der Waals surface area contributed by atoms with E-state index in [4.69, 9.17) is 4.74 Å². The zero-order chi connectivity index (χ0) is 10.4. The Balaban J connectivity index is 2.50. The Bertz CT molecular complexity index is 264. The van der Waals surface area contributed by atoms with Crippen molar-refractivity contribution in [3.8, 4) is 0 Å². The second-order valence-corrected chi connectivity index (χ2v) is 3.92. The first kappa shape index (κ1) is 11.6. The number of nitrogens with zero attached hydrogens (tertiary/aromatic N) is 2. The number of hydrogen-bond acceptors (Lipinski definition) is 5. The van der Waals surface area contributed by atoms with E-state index in [0.29, 0.717) is 6.61 Å². The van der Waals surface area contributed by atoms with E-state index in [1.54, 1.807) is 0 Å². The van der Waals surface area contributed by atoms with Gasteiger partial charge < -0.3 is 10.1 Å². The van der Waals surface area contributed by atoms with Crippen LogP contribution < -0.4 is 5.32 Å². The zero-order valence-corrected chi connectivity index (χ0v) is 9.73. The Morgan fingerprint density at radius 3 is 2.86 bits per heavy atom. The van der Waals surface area contributed by atoms with Gasteiger partial charge in [-0.15, -0.1) is 5.10 Å². The Kier molecular flexibility index (Phi) is 5.00. The number of aryl methyl sites for hydroxylation is 1. The van der Waals surface area contributed by atoms with E-state index in [1.807, 2.05) is 14.0 Å².